The van der Waals surface area contributed by atoms with Gasteiger partial charge in [0.1, 0.15) is 0 Å². The van der Waals surface area contributed by atoms with Crippen LogP contribution in [0.5, 0.6) is 0 Å². The Morgan fingerprint density at radius 1 is 1.07 bits per heavy atom. The first-order valence-corrected chi connectivity index (χ1v) is 6.01. The topological polar surface area (TPSA) is 3.24 Å². The predicted molar refractivity (Wildman–Crippen MR) is 63.5 cm³/mol. The van der Waals surface area contributed by atoms with Crippen molar-refractivity contribution in [3.8, 4) is 0 Å². The molecule has 0 spiro atoms. The van der Waals surface area contributed by atoms with Crippen LogP contribution in [0.4, 0.5) is 0 Å². The fraction of sp³-hybridized carbons (Fsp3) is 1.00. The molecule has 1 fully saturated rings. The second-order valence-electron chi connectivity index (χ2n) is 6.47. The van der Waals surface area contributed by atoms with Gasteiger partial charge in [0.15, 0.2) is 0 Å². The van der Waals surface area contributed by atoms with Gasteiger partial charge in [-0.1, -0.05) is 20.8 Å². The largest absolute Gasteiger partial charge is 0.298 e. The van der Waals surface area contributed by atoms with Gasteiger partial charge in [0.2, 0.25) is 0 Å². The molecule has 0 amide bonds. The van der Waals surface area contributed by atoms with E-state index in [-0.39, 0.29) is 0 Å². The zero-order valence-corrected chi connectivity index (χ0v) is 10.9. The Kier molecular flexibility index (Phi) is 3.30. The number of piperidine rings is 1. The number of nitrogens with zero attached hydrogens (tertiary/aromatic N) is 1. The van der Waals surface area contributed by atoms with E-state index in [9.17, 15) is 0 Å². The molecule has 0 bridgehead atoms. The summed E-state index contributed by atoms with van der Waals surface area (Å²) in [7, 11) is 0. The van der Waals surface area contributed by atoms with Gasteiger partial charge in [0, 0.05) is 5.54 Å². The molecular formula is C13H27N. The standard InChI is InChI=1S/C13H27N/c1-11(2)13(6)7-9-14(10-8-13)12(3,4)5/h11H,7-10H2,1-6H3. The lowest BCUT2D eigenvalue weighted by molar-refractivity contribution is 0.0280. The van der Waals surface area contributed by atoms with E-state index in [1.807, 2.05) is 0 Å². The van der Waals surface area contributed by atoms with E-state index in [4.69, 9.17) is 0 Å². The highest BCUT2D eigenvalue weighted by Gasteiger charge is 2.35. The van der Waals surface area contributed by atoms with Crippen LogP contribution in [0.25, 0.3) is 0 Å². The minimum Gasteiger partial charge on any atom is -0.298 e. The van der Waals surface area contributed by atoms with Crippen LogP contribution in [0.3, 0.4) is 0 Å². The highest BCUT2D eigenvalue weighted by Crippen LogP contribution is 2.39. The molecule has 84 valence electrons. The van der Waals surface area contributed by atoms with Gasteiger partial charge < -0.3 is 0 Å². The smallest absolute Gasteiger partial charge is 0.0125 e. The molecule has 1 heterocycles. The van der Waals surface area contributed by atoms with Gasteiger partial charge in [0.05, 0.1) is 0 Å². The van der Waals surface area contributed by atoms with E-state index in [1.54, 1.807) is 0 Å². The van der Waals surface area contributed by atoms with Crippen LogP contribution < -0.4 is 0 Å². The third-order valence-corrected chi connectivity index (χ3v) is 4.25. The van der Waals surface area contributed by atoms with Crippen molar-refractivity contribution in [3.05, 3.63) is 0 Å². The molecule has 0 radical (unpaired) electrons. The van der Waals surface area contributed by atoms with Crippen molar-refractivity contribution in [2.45, 2.75) is 59.9 Å². The van der Waals surface area contributed by atoms with Crippen molar-refractivity contribution in [3.63, 3.8) is 0 Å². The minimum atomic E-state index is 0.359. The maximum absolute atomic E-state index is 2.62. The van der Waals surface area contributed by atoms with Gasteiger partial charge in [0.25, 0.3) is 0 Å². The van der Waals surface area contributed by atoms with Crippen LogP contribution in [-0.2, 0) is 0 Å². The number of hydrogen-bond acceptors (Lipinski definition) is 1. The summed E-state index contributed by atoms with van der Waals surface area (Å²) < 4.78 is 0. The lowest BCUT2D eigenvalue weighted by Crippen LogP contribution is -2.49. The second-order valence-corrected chi connectivity index (χ2v) is 6.47. The molecule has 1 heteroatoms. The van der Waals surface area contributed by atoms with Crippen LogP contribution in [0, 0.1) is 11.3 Å². The molecule has 1 rings (SSSR count). The summed E-state index contributed by atoms with van der Waals surface area (Å²) in [5, 5.41) is 0. The molecule has 1 nitrogen and oxygen atoms in total. The molecule has 1 aliphatic rings. The second kappa shape index (κ2) is 3.84. The molecule has 1 saturated heterocycles. The third-order valence-electron chi connectivity index (χ3n) is 4.25. The van der Waals surface area contributed by atoms with Crippen LogP contribution in [0.2, 0.25) is 0 Å². The van der Waals surface area contributed by atoms with Gasteiger partial charge in [-0.3, -0.25) is 4.90 Å². The zero-order valence-electron chi connectivity index (χ0n) is 10.9. The van der Waals surface area contributed by atoms with Crippen LogP contribution in [0.1, 0.15) is 54.4 Å². The third kappa shape index (κ3) is 2.50. The molecule has 0 aromatic heterocycles. The van der Waals surface area contributed by atoms with Crippen molar-refractivity contribution in [2.24, 2.45) is 11.3 Å². The Morgan fingerprint density at radius 3 is 1.79 bits per heavy atom. The maximum Gasteiger partial charge on any atom is 0.0125 e. The summed E-state index contributed by atoms with van der Waals surface area (Å²) in [6.45, 7) is 16.7. The molecule has 0 aliphatic carbocycles. The lowest BCUT2D eigenvalue weighted by atomic mass is 9.71. The number of hydrogen-bond donors (Lipinski definition) is 0. The van der Waals surface area contributed by atoms with E-state index < -0.39 is 0 Å². The van der Waals surface area contributed by atoms with Gasteiger partial charge in [-0.25, -0.2) is 0 Å². The maximum atomic E-state index is 2.62. The van der Waals surface area contributed by atoms with E-state index >= 15 is 0 Å². The summed E-state index contributed by atoms with van der Waals surface area (Å²) >= 11 is 0. The van der Waals surface area contributed by atoms with Gasteiger partial charge >= 0.3 is 0 Å². The summed E-state index contributed by atoms with van der Waals surface area (Å²) in [6.07, 6.45) is 2.73. The van der Waals surface area contributed by atoms with Crippen molar-refractivity contribution in [2.75, 3.05) is 13.1 Å². The summed E-state index contributed by atoms with van der Waals surface area (Å²) in [5.74, 6) is 0.824. The zero-order chi connectivity index (χ0) is 11.0. The Morgan fingerprint density at radius 2 is 1.50 bits per heavy atom. The molecule has 0 saturated carbocycles. The average Bonchev–Trinajstić information content (AvgIpc) is 2.03. The number of likely N-dealkylation sites (tertiary alicyclic amines) is 1. The molecule has 0 atom stereocenters. The van der Waals surface area contributed by atoms with Crippen LogP contribution >= 0.6 is 0 Å². The molecule has 0 aromatic carbocycles. The van der Waals surface area contributed by atoms with E-state index in [1.165, 1.54) is 25.9 Å². The van der Waals surface area contributed by atoms with Crippen molar-refractivity contribution in [1.82, 2.24) is 4.90 Å². The molecular weight excluding hydrogens is 170 g/mol. The fourth-order valence-electron chi connectivity index (χ4n) is 2.27. The van der Waals surface area contributed by atoms with Crippen molar-refractivity contribution >= 4 is 0 Å². The first-order valence-electron chi connectivity index (χ1n) is 6.01. The summed E-state index contributed by atoms with van der Waals surface area (Å²) in [5.41, 5.74) is 0.945. The Hall–Kier alpha value is -0.0400. The molecule has 0 aromatic rings. The number of rotatable bonds is 1. The van der Waals surface area contributed by atoms with Crippen molar-refractivity contribution < 1.29 is 0 Å². The van der Waals surface area contributed by atoms with Crippen molar-refractivity contribution in [1.29, 1.82) is 0 Å². The Labute approximate surface area is 89.9 Å². The summed E-state index contributed by atoms with van der Waals surface area (Å²) in [4.78, 5) is 2.62. The normalized spacial score (nSPS) is 24.2. The summed E-state index contributed by atoms with van der Waals surface area (Å²) in [6, 6.07) is 0. The highest BCUT2D eigenvalue weighted by atomic mass is 15.2. The Bertz CT molecular complexity index is 180. The minimum absolute atomic E-state index is 0.359. The average molecular weight is 197 g/mol. The molecule has 0 N–H and O–H groups in total. The monoisotopic (exact) mass is 197 g/mol. The fourth-order valence-corrected chi connectivity index (χ4v) is 2.27. The molecule has 14 heavy (non-hydrogen) atoms. The van der Waals surface area contributed by atoms with E-state index in [0.29, 0.717) is 11.0 Å². The quantitative estimate of drug-likeness (QED) is 0.621. The van der Waals surface area contributed by atoms with Gasteiger partial charge in [-0.05, 0) is 58.0 Å². The first kappa shape index (κ1) is 12.0. The molecule has 1 aliphatic heterocycles. The van der Waals surface area contributed by atoms with E-state index in [2.05, 4.69) is 46.4 Å². The first-order chi connectivity index (χ1) is 6.26. The van der Waals surface area contributed by atoms with Gasteiger partial charge in [-0.15, -0.1) is 0 Å². The SMILES string of the molecule is CC(C)C1(C)CCN(C(C)(C)C)CC1. The van der Waals surface area contributed by atoms with Crippen LogP contribution in [-0.4, -0.2) is 23.5 Å². The van der Waals surface area contributed by atoms with Crippen LogP contribution in [0.15, 0.2) is 0 Å². The molecule has 0 unspecified atom stereocenters. The Balaban J connectivity index is 2.54. The van der Waals surface area contributed by atoms with E-state index in [0.717, 1.165) is 5.92 Å². The highest BCUT2D eigenvalue weighted by molar-refractivity contribution is 4.88. The lowest BCUT2D eigenvalue weighted by Gasteiger charge is -2.47. The predicted octanol–water partition coefficient (Wildman–Crippen LogP) is 3.54. The van der Waals surface area contributed by atoms with Gasteiger partial charge in [-0.2, -0.15) is 0 Å².